The highest BCUT2D eigenvalue weighted by Crippen LogP contribution is 2.36. The summed E-state index contributed by atoms with van der Waals surface area (Å²) in [5, 5.41) is 0.609. The molecule has 0 amide bonds. The van der Waals surface area contributed by atoms with Gasteiger partial charge in [-0.15, -0.1) is 0 Å². The van der Waals surface area contributed by atoms with Gasteiger partial charge in [-0.25, -0.2) is 0 Å². The molecule has 0 bridgehead atoms. The Kier molecular flexibility index (Phi) is 4.91. The summed E-state index contributed by atoms with van der Waals surface area (Å²) in [4.78, 5) is 0. The first-order chi connectivity index (χ1) is 9.58. The first kappa shape index (κ1) is 15.2. The van der Waals surface area contributed by atoms with Crippen molar-refractivity contribution in [1.82, 2.24) is 0 Å². The van der Waals surface area contributed by atoms with Gasteiger partial charge >= 0.3 is 0 Å². The molecule has 0 fully saturated rings. The van der Waals surface area contributed by atoms with Gasteiger partial charge in [-0.3, -0.25) is 0 Å². The molecule has 2 aromatic rings. The Bertz CT molecular complexity index is 619. The van der Waals surface area contributed by atoms with Crippen LogP contribution in [-0.4, -0.2) is 14.2 Å². The maximum absolute atomic E-state index is 6.33. The molecule has 0 aliphatic carbocycles. The Morgan fingerprint density at radius 2 is 1.85 bits per heavy atom. The largest absolute Gasteiger partial charge is 0.497 e. The van der Waals surface area contributed by atoms with E-state index in [2.05, 4.69) is 15.9 Å². The van der Waals surface area contributed by atoms with Gasteiger partial charge in [0.25, 0.3) is 0 Å². The van der Waals surface area contributed by atoms with E-state index in [0.29, 0.717) is 10.8 Å². The third-order valence-electron chi connectivity index (χ3n) is 3.09. The Balaban J connectivity index is 2.47. The van der Waals surface area contributed by atoms with Crippen LogP contribution in [0.2, 0.25) is 5.02 Å². The normalized spacial score (nSPS) is 12.1. The summed E-state index contributed by atoms with van der Waals surface area (Å²) in [5.74, 6) is 1.39. The van der Waals surface area contributed by atoms with Crippen LogP contribution in [0.1, 0.15) is 17.2 Å². The zero-order valence-corrected chi connectivity index (χ0v) is 13.5. The lowest BCUT2D eigenvalue weighted by atomic mass is 9.98. The molecule has 5 heteroatoms. The van der Waals surface area contributed by atoms with E-state index in [-0.39, 0.29) is 6.04 Å². The SMILES string of the molecule is COc1ccc(C(N)c2cccc(Br)c2Cl)c(OC)c1. The number of hydrogen-bond donors (Lipinski definition) is 1. The van der Waals surface area contributed by atoms with Gasteiger partial charge in [-0.05, 0) is 39.7 Å². The van der Waals surface area contributed by atoms with Gasteiger partial charge in [0.2, 0.25) is 0 Å². The zero-order chi connectivity index (χ0) is 14.7. The number of methoxy groups -OCH3 is 2. The summed E-state index contributed by atoms with van der Waals surface area (Å²) in [6, 6.07) is 10.9. The van der Waals surface area contributed by atoms with Crippen molar-refractivity contribution in [2.75, 3.05) is 14.2 Å². The van der Waals surface area contributed by atoms with E-state index < -0.39 is 0 Å². The predicted molar refractivity (Wildman–Crippen MR) is 84.7 cm³/mol. The maximum atomic E-state index is 6.33. The summed E-state index contributed by atoms with van der Waals surface area (Å²) in [6.07, 6.45) is 0. The van der Waals surface area contributed by atoms with E-state index in [1.807, 2.05) is 30.3 Å². The minimum absolute atomic E-state index is 0.374. The topological polar surface area (TPSA) is 44.5 Å². The standard InChI is InChI=1S/C15H15BrClNO2/c1-19-9-6-7-10(13(8-9)20-2)15(18)11-4-3-5-12(16)14(11)17/h3-8,15H,18H2,1-2H3. The molecule has 0 aromatic heterocycles. The van der Waals surface area contributed by atoms with Crippen LogP contribution in [0.15, 0.2) is 40.9 Å². The first-order valence-electron chi connectivity index (χ1n) is 6.00. The van der Waals surface area contributed by atoms with Crippen molar-refractivity contribution in [2.24, 2.45) is 5.73 Å². The van der Waals surface area contributed by atoms with E-state index in [1.165, 1.54) is 0 Å². The van der Waals surface area contributed by atoms with E-state index in [9.17, 15) is 0 Å². The number of ether oxygens (including phenoxy) is 2. The molecule has 2 N–H and O–H groups in total. The van der Waals surface area contributed by atoms with Crippen LogP contribution in [0.4, 0.5) is 0 Å². The second-order valence-electron chi connectivity index (χ2n) is 4.23. The number of halogens is 2. The Hall–Kier alpha value is -1.23. The van der Waals surface area contributed by atoms with Crippen LogP contribution < -0.4 is 15.2 Å². The summed E-state index contributed by atoms with van der Waals surface area (Å²) in [7, 11) is 3.22. The maximum Gasteiger partial charge on any atom is 0.127 e. The molecule has 1 unspecified atom stereocenters. The molecule has 0 spiro atoms. The molecule has 2 aromatic carbocycles. The van der Waals surface area contributed by atoms with Crippen molar-refractivity contribution in [3.63, 3.8) is 0 Å². The molecule has 0 heterocycles. The molecular weight excluding hydrogens is 342 g/mol. The van der Waals surface area contributed by atoms with Crippen molar-refractivity contribution in [2.45, 2.75) is 6.04 Å². The molecule has 20 heavy (non-hydrogen) atoms. The first-order valence-corrected chi connectivity index (χ1v) is 7.17. The lowest BCUT2D eigenvalue weighted by Crippen LogP contribution is -2.13. The smallest absolute Gasteiger partial charge is 0.127 e. The molecule has 0 aliphatic heterocycles. The summed E-state index contributed by atoms with van der Waals surface area (Å²) < 4.78 is 11.4. The van der Waals surface area contributed by atoms with Crippen LogP contribution >= 0.6 is 27.5 Å². The minimum atomic E-state index is -0.374. The minimum Gasteiger partial charge on any atom is -0.497 e. The Morgan fingerprint density at radius 3 is 2.50 bits per heavy atom. The average Bonchev–Trinajstić information content (AvgIpc) is 2.48. The fourth-order valence-electron chi connectivity index (χ4n) is 2.00. The van der Waals surface area contributed by atoms with E-state index in [1.54, 1.807) is 20.3 Å². The monoisotopic (exact) mass is 355 g/mol. The molecule has 0 radical (unpaired) electrons. The second-order valence-corrected chi connectivity index (χ2v) is 5.46. The number of rotatable bonds is 4. The number of benzene rings is 2. The summed E-state index contributed by atoms with van der Waals surface area (Å²) in [5.41, 5.74) is 8.02. The molecule has 3 nitrogen and oxygen atoms in total. The second kappa shape index (κ2) is 6.48. The molecule has 0 aliphatic rings. The summed E-state index contributed by atoms with van der Waals surface area (Å²) in [6.45, 7) is 0. The highest BCUT2D eigenvalue weighted by atomic mass is 79.9. The van der Waals surface area contributed by atoms with Crippen molar-refractivity contribution < 1.29 is 9.47 Å². The third-order valence-corrected chi connectivity index (χ3v) is 4.40. The highest BCUT2D eigenvalue weighted by molar-refractivity contribution is 9.10. The van der Waals surface area contributed by atoms with Gasteiger partial charge in [-0.2, -0.15) is 0 Å². The van der Waals surface area contributed by atoms with Crippen LogP contribution in [0, 0.1) is 0 Å². The van der Waals surface area contributed by atoms with E-state index >= 15 is 0 Å². The average molecular weight is 357 g/mol. The quantitative estimate of drug-likeness (QED) is 0.894. The lowest BCUT2D eigenvalue weighted by Gasteiger charge is -2.18. The Morgan fingerprint density at radius 1 is 1.10 bits per heavy atom. The zero-order valence-electron chi connectivity index (χ0n) is 11.2. The fourth-order valence-corrected chi connectivity index (χ4v) is 2.63. The van der Waals surface area contributed by atoms with Gasteiger partial charge in [0.1, 0.15) is 11.5 Å². The van der Waals surface area contributed by atoms with Gasteiger partial charge in [0.05, 0.1) is 25.3 Å². The Labute approximate surface area is 131 Å². The molecular formula is C15H15BrClNO2. The van der Waals surface area contributed by atoms with Crippen molar-refractivity contribution in [3.05, 3.63) is 57.0 Å². The summed E-state index contributed by atoms with van der Waals surface area (Å²) >= 11 is 9.71. The van der Waals surface area contributed by atoms with Crippen LogP contribution in [0.25, 0.3) is 0 Å². The van der Waals surface area contributed by atoms with Crippen LogP contribution in [-0.2, 0) is 0 Å². The van der Waals surface area contributed by atoms with E-state index in [4.69, 9.17) is 26.8 Å². The third kappa shape index (κ3) is 2.92. The molecule has 1 atom stereocenters. The molecule has 2 rings (SSSR count). The molecule has 0 saturated carbocycles. The van der Waals surface area contributed by atoms with Crippen molar-refractivity contribution in [3.8, 4) is 11.5 Å². The lowest BCUT2D eigenvalue weighted by molar-refractivity contribution is 0.390. The van der Waals surface area contributed by atoms with Crippen LogP contribution in [0.3, 0.4) is 0 Å². The number of hydrogen-bond acceptors (Lipinski definition) is 3. The predicted octanol–water partition coefficient (Wildman–Crippen LogP) is 4.17. The highest BCUT2D eigenvalue weighted by Gasteiger charge is 2.18. The van der Waals surface area contributed by atoms with Gasteiger partial charge < -0.3 is 15.2 Å². The molecule has 106 valence electrons. The van der Waals surface area contributed by atoms with Gasteiger partial charge in [-0.1, -0.05) is 23.7 Å². The van der Waals surface area contributed by atoms with Crippen LogP contribution in [0.5, 0.6) is 11.5 Å². The molecule has 0 saturated heterocycles. The van der Waals surface area contributed by atoms with Crippen molar-refractivity contribution in [1.29, 1.82) is 0 Å². The van der Waals surface area contributed by atoms with E-state index in [0.717, 1.165) is 21.3 Å². The van der Waals surface area contributed by atoms with Crippen molar-refractivity contribution >= 4 is 27.5 Å². The van der Waals surface area contributed by atoms with Gasteiger partial charge in [0, 0.05) is 16.1 Å². The fraction of sp³-hybridized carbons (Fsp3) is 0.200. The number of nitrogens with two attached hydrogens (primary N) is 1. The van der Waals surface area contributed by atoms with Gasteiger partial charge in [0.15, 0.2) is 0 Å².